The van der Waals surface area contributed by atoms with Crippen molar-refractivity contribution >= 4 is 6.09 Å². The van der Waals surface area contributed by atoms with Crippen molar-refractivity contribution in [3.8, 4) is 0 Å². The second kappa shape index (κ2) is 5.04. The molecule has 0 aromatic carbocycles. The summed E-state index contributed by atoms with van der Waals surface area (Å²) >= 11 is 0. The molecule has 94 valence electrons. The molecule has 1 aliphatic rings. The molecule has 1 fully saturated rings. The van der Waals surface area contributed by atoms with E-state index in [2.05, 4.69) is 18.7 Å². The fraction of sp³-hybridized carbons (Fsp3) is 0.917. The molecule has 0 radical (unpaired) electrons. The topological polar surface area (TPSA) is 32.8 Å². The molecule has 0 N–H and O–H groups in total. The molecule has 0 aliphatic carbocycles. The smallest absolute Gasteiger partial charge is 0.410 e. The van der Waals surface area contributed by atoms with Crippen LogP contribution in [-0.2, 0) is 4.74 Å². The van der Waals surface area contributed by atoms with E-state index in [9.17, 15) is 4.79 Å². The number of hydrogen-bond donors (Lipinski definition) is 0. The van der Waals surface area contributed by atoms with E-state index < -0.39 is 5.60 Å². The van der Waals surface area contributed by atoms with Gasteiger partial charge in [0.05, 0.1) is 0 Å². The van der Waals surface area contributed by atoms with Gasteiger partial charge in [-0.2, -0.15) is 0 Å². The first-order chi connectivity index (χ1) is 7.33. The summed E-state index contributed by atoms with van der Waals surface area (Å²) in [5, 5.41) is 0. The van der Waals surface area contributed by atoms with Crippen LogP contribution in [0.15, 0.2) is 0 Å². The van der Waals surface area contributed by atoms with Crippen molar-refractivity contribution in [2.75, 3.05) is 26.2 Å². The lowest BCUT2D eigenvalue weighted by Gasteiger charge is -2.39. The Labute approximate surface area is 98.5 Å². The van der Waals surface area contributed by atoms with Crippen molar-refractivity contribution in [2.24, 2.45) is 0 Å². The summed E-state index contributed by atoms with van der Waals surface area (Å²) < 4.78 is 5.38. The molecule has 4 heteroatoms. The van der Waals surface area contributed by atoms with Crippen molar-refractivity contribution in [3.05, 3.63) is 0 Å². The summed E-state index contributed by atoms with van der Waals surface area (Å²) in [6, 6.07) is 0.239. The van der Waals surface area contributed by atoms with E-state index in [4.69, 9.17) is 4.74 Å². The molecular formula is C12H24N2O2. The molecule has 1 heterocycles. The average Bonchev–Trinajstić information content (AvgIpc) is 2.14. The van der Waals surface area contributed by atoms with Gasteiger partial charge in [0.15, 0.2) is 0 Å². The number of nitrogens with zero attached hydrogens (tertiary/aromatic N) is 2. The minimum atomic E-state index is -0.404. The summed E-state index contributed by atoms with van der Waals surface area (Å²) in [6.07, 6.45) is -0.184. The van der Waals surface area contributed by atoms with Crippen LogP contribution in [0, 0.1) is 0 Å². The predicted octanol–water partition coefficient (Wildman–Crippen LogP) is 1.95. The Hall–Kier alpha value is -0.770. The van der Waals surface area contributed by atoms with Gasteiger partial charge in [-0.15, -0.1) is 0 Å². The maximum absolute atomic E-state index is 11.9. The van der Waals surface area contributed by atoms with Crippen molar-refractivity contribution in [2.45, 2.75) is 46.3 Å². The third kappa shape index (κ3) is 3.67. The molecule has 16 heavy (non-hydrogen) atoms. The van der Waals surface area contributed by atoms with Crippen LogP contribution in [0.1, 0.15) is 34.6 Å². The van der Waals surface area contributed by atoms with Crippen molar-refractivity contribution in [1.29, 1.82) is 0 Å². The standard InChI is InChI=1S/C12H24N2O2/c1-6-13-7-8-14(10(2)9-13)11(15)16-12(3,4)5/h10H,6-9H2,1-5H3/t10-/m0/s1. The second-order valence-corrected chi connectivity index (χ2v) is 5.42. The fourth-order valence-electron chi connectivity index (χ4n) is 1.91. The zero-order chi connectivity index (χ0) is 12.3. The number of likely N-dealkylation sites (N-methyl/N-ethyl adjacent to an activating group) is 1. The van der Waals surface area contributed by atoms with Crippen LogP contribution in [0.4, 0.5) is 4.79 Å². The summed E-state index contributed by atoms with van der Waals surface area (Å²) in [5.74, 6) is 0. The Morgan fingerprint density at radius 3 is 2.44 bits per heavy atom. The molecule has 1 saturated heterocycles. The monoisotopic (exact) mass is 228 g/mol. The average molecular weight is 228 g/mol. The summed E-state index contributed by atoms with van der Waals surface area (Å²) in [4.78, 5) is 16.1. The Kier molecular flexibility index (Phi) is 4.19. The lowest BCUT2D eigenvalue weighted by Crippen LogP contribution is -2.54. The van der Waals surface area contributed by atoms with E-state index in [1.165, 1.54) is 0 Å². The Morgan fingerprint density at radius 2 is 2.00 bits per heavy atom. The van der Waals surface area contributed by atoms with Gasteiger partial charge in [-0.25, -0.2) is 4.79 Å². The molecule has 0 aromatic rings. The first-order valence-electron chi connectivity index (χ1n) is 6.05. The fourth-order valence-corrected chi connectivity index (χ4v) is 1.91. The lowest BCUT2D eigenvalue weighted by atomic mass is 10.2. The van der Waals surface area contributed by atoms with Gasteiger partial charge < -0.3 is 9.64 Å². The van der Waals surface area contributed by atoms with Crippen molar-refractivity contribution < 1.29 is 9.53 Å². The van der Waals surface area contributed by atoms with E-state index in [0.717, 1.165) is 26.2 Å². The molecule has 1 rings (SSSR count). The molecule has 0 bridgehead atoms. The molecule has 0 aromatic heterocycles. The van der Waals surface area contributed by atoms with Crippen LogP contribution in [0.2, 0.25) is 0 Å². The second-order valence-electron chi connectivity index (χ2n) is 5.42. The highest BCUT2D eigenvalue weighted by atomic mass is 16.6. The zero-order valence-electron chi connectivity index (χ0n) is 11.1. The van der Waals surface area contributed by atoms with Gasteiger partial charge in [-0.1, -0.05) is 6.92 Å². The number of amides is 1. The van der Waals surface area contributed by atoms with E-state index >= 15 is 0 Å². The Balaban J connectivity index is 2.52. The van der Waals surface area contributed by atoms with Crippen LogP contribution in [0.25, 0.3) is 0 Å². The molecule has 0 saturated carbocycles. The van der Waals surface area contributed by atoms with Gasteiger partial charge in [0.1, 0.15) is 5.60 Å². The van der Waals surface area contributed by atoms with Gasteiger partial charge in [-0.3, -0.25) is 4.90 Å². The molecule has 0 spiro atoms. The first kappa shape index (κ1) is 13.3. The maximum atomic E-state index is 11.9. The van der Waals surface area contributed by atoms with Gasteiger partial charge >= 0.3 is 6.09 Å². The van der Waals surface area contributed by atoms with Gasteiger partial charge in [0.2, 0.25) is 0 Å². The van der Waals surface area contributed by atoms with Gasteiger partial charge in [-0.05, 0) is 34.2 Å². The summed E-state index contributed by atoms with van der Waals surface area (Å²) in [5.41, 5.74) is -0.404. The van der Waals surface area contributed by atoms with E-state index in [0.29, 0.717) is 0 Å². The number of rotatable bonds is 1. The number of carbonyl (C=O) groups is 1. The molecule has 1 atom stereocenters. The lowest BCUT2D eigenvalue weighted by molar-refractivity contribution is 0.00209. The van der Waals surface area contributed by atoms with Crippen LogP contribution in [0.5, 0.6) is 0 Å². The quantitative estimate of drug-likeness (QED) is 0.687. The SMILES string of the molecule is CCN1CCN(C(=O)OC(C)(C)C)[C@@H](C)C1. The predicted molar refractivity (Wildman–Crippen MR) is 64.5 cm³/mol. The number of ether oxygens (including phenoxy) is 1. The van der Waals surface area contributed by atoms with Crippen molar-refractivity contribution in [3.63, 3.8) is 0 Å². The molecule has 4 nitrogen and oxygen atoms in total. The molecule has 0 unspecified atom stereocenters. The van der Waals surface area contributed by atoms with Gasteiger partial charge in [0, 0.05) is 25.7 Å². The first-order valence-corrected chi connectivity index (χ1v) is 6.05. The number of hydrogen-bond acceptors (Lipinski definition) is 3. The highest BCUT2D eigenvalue weighted by molar-refractivity contribution is 5.68. The van der Waals surface area contributed by atoms with Crippen LogP contribution < -0.4 is 0 Å². The van der Waals surface area contributed by atoms with Crippen molar-refractivity contribution in [1.82, 2.24) is 9.80 Å². The van der Waals surface area contributed by atoms with E-state index in [1.54, 1.807) is 0 Å². The third-order valence-corrected chi connectivity index (χ3v) is 2.79. The Morgan fingerprint density at radius 1 is 1.38 bits per heavy atom. The zero-order valence-corrected chi connectivity index (χ0v) is 11.1. The number of carbonyl (C=O) groups excluding carboxylic acids is 1. The van der Waals surface area contributed by atoms with E-state index in [1.807, 2.05) is 25.7 Å². The summed E-state index contributed by atoms with van der Waals surface area (Å²) in [6.45, 7) is 13.6. The molecule has 1 amide bonds. The van der Waals surface area contributed by atoms with Crippen LogP contribution in [0.3, 0.4) is 0 Å². The minimum absolute atomic E-state index is 0.184. The summed E-state index contributed by atoms with van der Waals surface area (Å²) in [7, 11) is 0. The van der Waals surface area contributed by atoms with Gasteiger partial charge in [0.25, 0.3) is 0 Å². The minimum Gasteiger partial charge on any atom is -0.444 e. The highest BCUT2D eigenvalue weighted by Crippen LogP contribution is 2.15. The molecule has 1 aliphatic heterocycles. The highest BCUT2D eigenvalue weighted by Gasteiger charge is 2.29. The molecular weight excluding hydrogens is 204 g/mol. The normalized spacial score (nSPS) is 23.3. The van der Waals surface area contributed by atoms with Crippen LogP contribution in [-0.4, -0.2) is 53.7 Å². The third-order valence-electron chi connectivity index (χ3n) is 2.79. The van der Waals surface area contributed by atoms with Crippen LogP contribution >= 0.6 is 0 Å². The van der Waals surface area contributed by atoms with E-state index in [-0.39, 0.29) is 12.1 Å². The maximum Gasteiger partial charge on any atom is 0.410 e. The Bertz CT molecular complexity index is 248. The number of piperazine rings is 1. The largest absolute Gasteiger partial charge is 0.444 e.